The van der Waals surface area contributed by atoms with Crippen molar-refractivity contribution in [3.63, 3.8) is 0 Å². The Morgan fingerprint density at radius 3 is 1.56 bits per heavy atom. The van der Waals surface area contributed by atoms with Crippen molar-refractivity contribution in [2.75, 3.05) is 19.8 Å². The van der Waals surface area contributed by atoms with E-state index in [1.165, 1.54) is 5.56 Å². The molecule has 4 aromatic rings. The van der Waals surface area contributed by atoms with Crippen molar-refractivity contribution in [1.29, 1.82) is 0 Å². The lowest BCUT2D eigenvalue weighted by atomic mass is 10.1. The molecule has 4 rings (SSSR count). The maximum absolute atomic E-state index is 5.84. The minimum absolute atomic E-state index is 0.608. The first kappa shape index (κ1) is 23.3. The topological polar surface area (TPSA) is 35.5 Å². The number of nitrogens with zero attached hydrogens (tertiary/aromatic N) is 2. The molecular formula is C29H32N2O3+2. The maximum atomic E-state index is 5.84. The van der Waals surface area contributed by atoms with Gasteiger partial charge < -0.3 is 14.2 Å². The second-order valence-corrected chi connectivity index (χ2v) is 7.87. The number of aromatic nitrogens is 2. The lowest BCUT2D eigenvalue weighted by Gasteiger charge is -2.09. The van der Waals surface area contributed by atoms with Crippen LogP contribution in [0.2, 0.25) is 0 Å². The molecule has 0 saturated heterocycles. The van der Waals surface area contributed by atoms with Crippen LogP contribution in [0, 0.1) is 6.92 Å². The zero-order valence-corrected chi connectivity index (χ0v) is 20.3. The quantitative estimate of drug-likeness (QED) is 0.316. The van der Waals surface area contributed by atoms with Crippen molar-refractivity contribution in [1.82, 2.24) is 0 Å². The number of pyridine rings is 2. The van der Waals surface area contributed by atoms with E-state index in [0.29, 0.717) is 19.8 Å². The van der Waals surface area contributed by atoms with Crippen LogP contribution in [-0.4, -0.2) is 19.8 Å². The van der Waals surface area contributed by atoms with Crippen LogP contribution in [0.15, 0.2) is 85.5 Å². The molecule has 0 amide bonds. The highest BCUT2D eigenvalue weighted by Gasteiger charge is 2.17. The Bertz CT molecular complexity index is 1240. The van der Waals surface area contributed by atoms with Gasteiger partial charge in [0.15, 0.2) is 30.5 Å². The van der Waals surface area contributed by atoms with E-state index in [4.69, 9.17) is 14.2 Å². The number of hydrogen-bond acceptors (Lipinski definition) is 3. The molecule has 0 atom stereocenters. The van der Waals surface area contributed by atoms with Crippen LogP contribution in [0.4, 0.5) is 0 Å². The lowest BCUT2D eigenvalue weighted by molar-refractivity contribution is -0.596. The number of rotatable bonds is 9. The summed E-state index contributed by atoms with van der Waals surface area (Å²) in [6.45, 7) is 9.97. The largest absolute Gasteiger partial charge is 0.494 e. The third-order valence-electron chi connectivity index (χ3n) is 5.58. The van der Waals surface area contributed by atoms with Crippen LogP contribution in [0.3, 0.4) is 0 Å². The first-order chi connectivity index (χ1) is 16.6. The molecule has 0 saturated carbocycles. The number of ether oxygens (including phenoxy) is 3. The average Bonchev–Trinajstić information content (AvgIpc) is 2.87. The fourth-order valence-electron chi connectivity index (χ4n) is 3.92. The third-order valence-corrected chi connectivity index (χ3v) is 5.58. The minimum atomic E-state index is 0.608. The minimum Gasteiger partial charge on any atom is -0.494 e. The van der Waals surface area contributed by atoms with Gasteiger partial charge in [-0.15, -0.1) is 0 Å². The molecule has 2 aromatic heterocycles. The Kier molecular flexibility index (Phi) is 7.43. The van der Waals surface area contributed by atoms with Crippen LogP contribution in [0.1, 0.15) is 26.3 Å². The molecule has 0 bridgehead atoms. The molecule has 34 heavy (non-hydrogen) atoms. The molecular weight excluding hydrogens is 424 g/mol. The lowest BCUT2D eigenvalue weighted by Crippen LogP contribution is -2.31. The number of benzene rings is 2. The molecule has 174 valence electrons. The van der Waals surface area contributed by atoms with E-state index < -0.39 is 0 Å². The van der Waals surface area contributed by atoms with E-state index in [-0.39, 0.29) is 0 Å². The third kappa shape index (κ3) is 5.20. The van der Waals surface area contributed by atoms with E-state index >= 15 is 0 Å². The van der Waals surface area contributed by atoms with Gasteiger partial charge in [-0.3, -0.25) is 0 Å². The Labute approximate surface area is 201 Å². The van der Waals surface area contributed by atoms with Gasteiger partial charge in [0.05, 0.1) is 32.0 Å². The fraction of sp³-hybridized carbons (Fsp3) is 0.241. The molecule has 5 nitrogen and oxygen atoms in total. The van der Waals surface area contributed by atoms with Crippen LogP contribution in [-0.2, 0) is 0 Å². The summed E-state index contributed by atoms with van der Waals surface area (Å²) in [5.41, 5.74) is 5.55. The fourth-order valence-corrected chi connectivity index (χ4v) is 3.92. The van der Waals surface area contributed by atoms with Crippen molar-refractivity contribution in [3.05, 3.63) is 91.0 Å². The van der Waals surface area contributed by atoms with Gasteiger partial charge in [0.1, 0.15) is 11.5 Å². The predicted octanol–water partition coefficient (Wildman–Crippen LogP) is 5.41. The monoisotopic (exact) mass is 456 g/mol. The van der Waals surface area contributed by atoms with Crippen LogP contribution in [0.5, 0.6) is 17.2 Å². The zero-order chi connectivity index (χ0) is 23.9. The molecule has 0 aliphatic rings. The van der Waals surface area contributed by atoms with Crippen molar-refractivity contribution in [3.8, 4) is 39.8 Å². The molecule has 0 unspecified atom stereocenters. The molecule has 0 radical (unpaired) electrons. The molecule has 0 fully saturated rings. The molecule has 2 aromatic carbocycles. The standard InChI is InChI=1S/C29H32N2O3/c1-5-32-25-9-8-22(4)27(20-25)30-16-12-23(13-17-30)24-14-18-31(19-15-24)28-21-26(33-6-2)10-11-29(28)34-7-3/h8-21H,5-7H2,1-4H3/q+2. The molecule has 0 aliphatic heterocycles. The number of aryl methyl sites for hydroxylation is 1. The van der Waals surface area contributed by atoms with Crippen molar-refractivity contribution >= 4 is 0 Å². The van der Waals surface area contributed by atoms with Crippen molar-refractivity contribution < 1.29 is 23.3 Å². The molecule has 0 N–H and O–H groups in total. The molecule has 0 spiro atoms. The smallest absolute Gasteiger partial charge is 0.256 e. The second kappa shape index (κ2) is 10.8. The van der Waals surface area contributed by atoms with Gasteiger partial charge >= 0.3 is 0 Å². The van der Waals surface area contributed by atoms with Gasteiger partial charge in [-0.2, -0.15) is 9.13 Å². The summed E-state index contributed by atoms with van der Waals surface area (Å²) in [5.74, 6) is 2.54. The Hall–Kier alpha value is -3.86. The Morgan fingerprint density at radius 1 is 0.559 bits per heavy atom. The number of hydrogen-bond donors (Lipinski definition) is 0. The summed E-state index contributed by atoms with van der Waals surface area (Å²) in [6.07, 6.45) is 8.29. The van der Waals surface area contributed by atoms with Gasteiger partial charge in [-0.1, -0.05) is 0 Å². The average molecular weight is 457 g/mol. The van der Waals surface area contributed by atoms with E-state index in [1.54, 1.807) is 0 Å². The van der Waals surface area contributed by atoms with Gasteiger partial charge in [0, 0.05) is 29.8 Å². The van der Waals surface area contributed by atoms with Crippen LogP contribution < -0.4 is 23.3 Å². The summed E-state index contributed by atoms with van der Waals surface area (Å²) in [7, 11) is 0. The highest BCUT2D eigenvalue weighted by atomic mass is 16.5. The van der Waals surface area contributed by atoms with E-state index in [0.717, 1.165) is 39.8 Å². The summed E-state index contributed by atoms with van der Waals surface area (Å²) < 4.78 is 21.4. The van der Waals surface area contributed by atoms with Gasteiger partial charge in [-0.05, 0) is 63.1 Å². The first-order valence-electron chi connectivity index (χ1n) is 11.8. The summed E-state index contributed by atoms with van der Waals surface area (Å²) >= 11 is 0. The van der Waals surface area contributed by atoms with E-state index in [2.05, 4.69) is 77.2 Å². The molecule has 5 heteroatoms. The molecule has 0 aliphatic carbocycles. The van der Waals surface area contributed by atoms with Gasteiger partial charge in [-0.25, -0.2) is 0 Å². The first-order valence-corrected chi connectivity index (χ1v) is 11.8. The Morgan fingerprint density at radius 2 is 1.03 bits per heavy atom. The highest BCUT2D eigenvalue weighted by Crippen LogP contribution is 2.25. The highest BCUT2D eigenvalue weighted by molar-refractivity contribution is 5.61. The second-order valence-electron chi connectivity index (χ2n) is 7.87. The van der Waals surface area contributed by atoms with E-state index in [9.17, 15) is 0 Å². The summed E-state index contributed by atoms with van der Waals surface area (Å²) in [6, 6.07) is 20.6. The van der Waals surface area contributed by atoms with Crippen molar-refractivity contribution in [2.24, 2.45) is 0 Å². The SMILES string of the molecule is CCOc1ccc(C)c(-[n+]2ccc(-c3cc[n+](-c4cc(OCC)ccc4OCC)cc3)cc2)c1. The summed E-state index contributed by atoms with van der Waals surface area (Å²) in [5, 5.41) is 0. The van der Waals surface area contributed by atoms with Gasteiger partial charge in [0.2, 0.25) is 5.69 Å². The van der Waals surface area contributed by atoms with E-state index in [1.807, 2.05) is 45.0 Å². The van der Waals surface area contributed by atoms with Gasteiger partial charge in [0.25, 0.3) is 5.69 Å². The summed E-state index contributed by atoms with van der Waals surface area (Å²) in [4.78, 5) is 0. The molecule has 2 heterocycles. The Balaban J connectivity index is 1.60. The van der Waals surface area contributed by atoms with Crippen LogP contribution >= 0.6 is 0 Å². The van der Waals surface area contributed by atoms with Crippen LogP contribution in [0.25, 0.3) is 22.5 Å². The maximum Gasteiger partial charge on any atom is 0.256 e. The predicted molar refractivity (Wildman–Crippen MR) is 133 cm³/mol. The zero-order valence-electron chi connectivity index (χ0n) is 20.3. The normalized spacial score (nSPS) is 10.7. The van der Waals surface area contributed by atoms with Crippen molar-refractivity contribution in [2.45, 2.75) is 27.7 Å².